The molecule has 0 aromatic carbocycles. The first-order chi connectivity index (χ1) is 5.77. The van der Waals surface area contributed by atoms with Gasteiger partial charge in [-0.15, -0.1) is 0 Å². The summed E-state index contributed by atoms with van der Waals surface area (Å²) in [5, 5.41) is 0. The molecule has 1 saturated carbocycles. The summed E-state index contributed by atoms with van der Waals surface area (Å²) in [4.78, 5) is 13.5. The smallest absolute Gasteiger partial charge is 0.225 e. The fourth-order valence-electron chi connectivity index (χ4n) is 1.80. The molecule has 0 radical (unpaired) electrons. The van der Waals surface area contributed by atoms with E-state index in [0.29, 0.717) is 11.8 Å². The second-order valence-corrected chi connectivity index (χ2v) is 3.96. The summed E-state index contributed by atoms with van der Waals surface area (Å²) in [6, 6.07) is 0.224. The van der Waals surface area contributed by atoms with E-state index in [2.05, 4.69) is 0 Å². The Morgan fingerprint density at radius 3 is 2.67 bits per heavy atom. The van der Waals surface area contributed by atoms with Crippen molar-refractivity contribution in [3.63, 3.8) is 0 Å². The molecule has 1 heterocycles. The Kier molecular flexibility index (Phi) is 2.05. The van der Waals surface area contributed by atoms with Gasteiger partial charge in [-0.2, -0.15) is 0 Å². The number of likely N-dealkylation sites (tertiary alicyclic amines) is 1. The van der Waals surface area contributed by atoms with Crippen molar-refractivity contribution in [2.24, 2.45) is 11.7 Å². The standard InChI is InChI=1S/C9H16N2O/c10-8-2-1-5-11(6-8)9(12)7-3-4-7/h7-8H,1-6,10H2/t8-/m1/s1. The van der Waals surface area contributed by atoms with Crippen LogP contribution in [0.2, 0.25) is 0 Å². The molecule has 3 nitrogen and oxygen atoms in total. The van der Waals surface area contributed by atoms with Gasteiger partial charge in [-0.3, -0.25) is 4.79 Å². The molecule has 2 N–H and O–H groups in total. The molecule has 0 bridgehead atoms. The number of piperidine rings is 1. The summed E-state index contributed by atoms with van der Waals surface area (Å²) < 4.78 is 0. The molecule has 3 heteroatoms. The zero-order chi connectivity index (χ0) is 8.55. The van der Waals surface area contributed by atoms with E-state index in [1.54, 1.807) is 0 Å². The van der Waals surface area contributed by atoms with Crippen molar-refractivity contribution in [1.82, 2.24) is 4.90 Å². The molecule has 68 valence electrons. The van der Waals surface area contributed by atoms with Crippen LogP contribution in [0, 0.1) is 5.92 Å². The monoisotopic (exact) mass is 168 g/mol. The molecule has 0 aromatic rings. The van der Waals surface area contributed by atoms with Crippen LogP contribution in [-0.2, 0) is 4.79 Å². The first kappa shape index (κ1) is 8.05. The lowest BCUT2D eigenvalue weighted by atomic mass is 10.1. The lowest BCUT2D eigenvalue weighted by molar-refractivity contribution is -0.133. The van der Waals surface area contributed by atoms with Gasteiger partial charge in [-0.25, -0.2) is 0 Å². The van der Waals surface area contributed by atoms with Crippen LogP contribution in [-0.4, -0.2) is 29.9 Å². The number of hydrogen-bond acceptors (Lipinski definition) is 2. The maximum Gasteiger partial charge on any atom is 0.225 e. The van der Waals surface area contributed by atoms with Crippen molar-refractivity contribution in [2.45, 2.75) is 31.7 Å². The Hall–Kier alpha value is -0.570. The van der Waals surface area contributed by atoms with Crippen molar-refractivity contribution in [3.05, 3.63) is 0 Å². The molecule has 12 heavy (non-hydrogen) atoms. The van der Waals surface area contributed by atoms with E-state index in [-0.39, 0.29) is 6.04 Å². The second kappa shape index (κ2) is 3.05. The maximum absolute atomic E-state index is 11.6. The van der Waals surface area contributed by atoms with Gasteiger partial charge in [0.25, 0.3) is 0 Å². The third-order valence-electron chi connectivity index (χ3n) is 2.70. The van der Waals surface area contributed by atoms with E-state index in [9.17, 15) is 4.79 Å². The maximum atomic E-state index is 11.6. The van der Waals surface area contributed by atoms with E-state index in [1.165, 1.54) is 0 Å². The number of carbonyl (C=O) groups is 1. The number of nitrogens with two attached hydrogens (primary N) is 1. The van der Waals surface area contributed by atoms with Crippen molar-refractivity contribution >= 4 is 5.91 Å². The van der Waals surface area contributed by atoms with Crippen LogP contribution >= 0.6 is 0 Å². The lowest BCUT2D eigenvalue weighted by Crippen LogP contribution is -2.46. The molecule has 0 spiro atoms. The van der Waals surface area contributed by atoms with Gasteiger partial charge in [0.2, 0.25) is 5.91 Å². The van der Waals surface area contributed by atoms with Crippen molar-refractivity contribution in [2.75, 3.05) is 13.1 Å². The van der Waals surface area contributed by atoms with Crippen molar-refractivity contribution in [3.8, 4) is 0 Å². The zero-order valence-electron chi connectivity index (χ0n) is 7.33. The molecule has 2 rings (SSSR count). The number of amides is 1. The largest absolute Gasteiger partial charge is 0.341 e. The molecule has 1 saturated heterocycles. The van der Waals surface area contributed by atoms with Gasteiger partial charge in [0.05, 0.1) is 0 Å². The van der Waals surface area contributed by atoms with Gasteiger partial charge < -0.3 is 10.6 Å². The van der Waals surface area contributed by atoms with E-state index in [1.807, 2.05) is 4.90 Å². The lowest BCUT2D eigenvalue weighted by Gasteiger charge is -2.30. The van der Waals surface area contributed by atoms with E-state index < -0.39 is 0 Å². The van der Waals surface area contributed by atoms with Gasteiger partial charge in [0, 0.05) is 25.0 Å². The normalized spacial score (nSPS) is 30.4. The predicted molar refractivity (Wildman–Crippen MR) is 46.5 cm³/mol. The van der Waals surface area contributed by atoms with Gasteiger partial charge in [0.15, 0.2) is 0 Å². The van der Waals surface area contributed by atoms with E-state index in [4.69, 9.17) is 5.73 Å². The number of carbonyl (C=O) groups excluding carboxylic acids is 1. The highest BCUT2D eigenvalue weighted by atomic mass is 16.2. The van der Waals surface area contributed by atoms with Crippen LogP contribution in [0.4, 0.5) is 0 Å². The number of hydrogen-bond donors (Lipinski definition) is 1. The summed E-state index contributed by atoms with van der Waals surface area (Å²) >= 11 is 0. The quantitative estimate of drug-likeness (QED) is 0.614. The van der Waals surface area contributed by atoms with Crippen LogP contribution in [0.3, 0.4) is 0 Å². The highest BCUT2D eigenvalue weighted by Crippen LogP contribution is 2.31. The van der Waals surface area contributed by atoms with Gasteiger partial charge in [-0.05, 0) is 25.7 Å². The molecule has 0 unspecified atom stereocenters. The fourth-order valence-corrected chi connectivity index (χ4v) is 1.80. The summed E-state index contributed by atoms with van der Waals surface area (Å²) in [5.41, 5.74) is 5.79. The van der Waals surface area contributed by atoms with Crippen LogP contribution in [0.5, 0.6) is 0 Å². The zero-order valence-corrected chi connectivity index (χ0v) is 7.33. The van der Waals surface area contributed by atoms with Gasteiger partial charge >= 0.3 is 0 Å². The molecule has 1 aliphatic carbocycles. The Morgan fingerprint density at radius 2 is 2.08 bits per heavy atom. The van der Waals surface area contributed by atoms with Crippen LogP contribution in [0.25, 0.3) is 0 Å². The van der Waals surface area contributed by atoms with E-state index in [0.717, 1.165) is 38.8 Å². The molecular formula is C9H16N2O. The number of nitrogens with zero attached hydrogens (tertiary/aromatic N) is 1. The topological polar surface area (TPSA) is 46.3 Å². The summed E-state index contributed by atoms with van der Waals surface area (Å²) in [6.45, 7) is 1.72. The minimum absolute atomic E-state index is 0.224. The number of rotatable bonds is 1. The minimum Gasteiger partial charge on any atom is -0.341 e. The molecule has 0 aromatic heterocycles. The molecular weight excluding hydrogens is 152 g/mol. The third-order valence-corrected chi connectivity index (χ3v) is 2.70. The van der Waals surface area contributed by atoms with Crippen molar-refractivity contribution in [1.29, 1.82) is 0 Å². The molecule has 1 aliphatic heterocycles. The molecule has 1 amide bonds. The SMILES string of the molecule is N[C@@H]1CCCN(C(=O)C2CC2)C1. The average molecular weight is 168 g/mol. The highest BCUT2D eigenvalue weighted by molar-refractivity contribution is 5.81. The molecule has 1 atom stereocenters. The molecule has 2 aliphatic rings. The summed E-state index contributed by atoms with van der Waals surface area (Å²) in [6.07, 6.45) is 4.36. The second-order valence-electron chi connectivity index (χ2n) is 3.96. The average Bonchev–Trinajstić information content (AvgIpc) is 2.85. The summed E-state index contributed by atoms with van der Waals surface area (Å²) in [5.74, 6) is 0.709. The predicted octanol–water partition coefficient (Wildman–Crippen LogP) is 0.346. The Morgan fingerprint density at radius 1 is 1.33 bits per heavy atom. The fraction of sp³-hybridized carbons (Fsp3) is 0.889. The first-order valence-corrected chi connectivity index (χ1v) is 4.82. The van der Waals surface area contributed by atoms with E-state index >= 15 is 0 Å². The Labute approximate surface area is 72.9 Å². The highest BCUT2D eigenvalue weighted by Gasteiger charge is 2.34. The summed E-state index contributed by atoms with van der Waals surface area (Å²) in [7, 11) is 0. The Balaban J connectivity index is 1.89. The molecule has 2 fully saturated rings. The van der Waals surface area contributed by atoms with Crippen LogP contribution in [0.15, 0.2) is 0 Å². The first-order valence-electron chi connectivity index (χ1n) is 4.82. The third kappa shape index (κ3) is 1.61. The Bertz CT molecular complexity index is 189. The van der Waals surface area contributed by atoms with Crippen LogP contribution < -0.4 is 5.73 Å². The van der Waals surface area contributed by atoms with Crippen molar-refractivity contribution < 1.29 is 4.79 Å². The van der Waals surface area contributed by atoms with Gasteiger partial charge in [-0.1, -0.05) is 0 Å². The van der Waals surface area contributed by atoms with Crippen LogP contribution in [0.1, 0.15) is 25.7 Å². The minimum atomic E-state index is 0.224. The van der Waals surface area contributed by atoms with Gasteiger partial charge in [0.1, 0.15) is 0 Å².